The van der Waals surface area contributed by atoms with Crippen molar-refractivity contribution >= 4 is 11.7 Å². The highest BCUT2D eigenvalue weighted by atomic mass is 16.5. The minimum absolute atomic E-state index is 0.0644. The van der Waals surface area contributed by atoms with Crippen molar-refractivity contribution in [2.45, 2.75) is 47.3 Å². The van der Waals surface area contributed by atoms with E-state index in [9.17, 15) is 4.79 Å². The molecule has 2 heterocycles. The molecular weight excluding hydrogens is 380 g/mol. The first-order valence-corrected chi connectivity index (χ1v) is 9.94. The molecule has 0 unspecified atom stereocenters. The van der Waals surface area contributed by atoms with Crippen molar-refractivity contribution in [2.24, 2.45) is 0 Å². The van der Waals surface area contributed by atoms with E-state index in [1.807, 2.05) is 52.0 Å². The Bertz CT molecular complexity index is 1010. The van der Waals surface area contributed by atoms with Crippen molar-refractivity contribution < 1.29 is 14.1 Å². The van der Waals surface area contributed by atoms with Crippen LogP contribution >= 0.6 is 0 Å². The van der Waals surface area contributed by atoms with Gasteiger partial charge in [-0.1, -0.05) is 29.4 Å². The molecule has 7 nitrogen and oxygen atoms in total. The second kappa shape index (κ2) is 8.98. The minimum Gasteiger partial charge on any atom is -0.475 e. The Morgan fingerprint density at radius 2 is 1.87 bits per heavy atom. The molecule has 0 atom stereocenters. The minimum atomic E-state index is -0.253. The Balaban J connectivity index is 1.75. The number of carbonyl (C=O) groups is 1. The Kier molecular flexibility index (Phi) is 6.40. The topological polar surface area (TPSA) is 80.5 Å². The predicted octanol–water partition coefficient (Wildman–Crippen LogP) is 4.80. The number of nitrogens with one attached hydrogen (secondary N) is 1. The molecule has 3 rings (SSSR count). The molecule has 3 aromatic rings. The molecule has 2 amide bonds. The Morgan fingerprint density at radius 1 is 1.17 bits per heavy atom. The second-order valence-corrected chi connectivity index (χ2v) is 7.59. The number of carbonyl (C=O) groups excluding carboxylic acids is 1. The molecular formula is C23H28N4O3. The van der Waals surface area contributed by atoms with Crippen LogP contribution in [0.4, 0.5) is 10.5 Å². The molecule has 0 aliphatic heterocycles. The predicted molar refractivity (Wildman–Crippen MR) is 117 cm³/mol. The fourth-order valence-electron chi connectivity index (χ4n) is 3.34. The van der Waals surface area contributed by atoms with Crippen molar-refractivity contribution in [1.82, 2.24) is 15.5 Å². The first-order chi connectivity index (χ1) is 14.3. The fraction of sp³-hybridized carbons (Fsp3) is 0.348. The Hall–Kier alpha value is -3.35. The zero-order valence-electron chi connectivity index (χ0n) is 18.3. The van der Waals surface area contributed by atoms with E-state index in [2.05, 4.69) is 15.5 Å². The van der Waals surface area contributed by atoms with Crippen LogP contribution in [0.1, 0.15) is 36.3 Å². The summed E-state index contributed by atoms with van der Waals surface area (Å²) < 4.78 is 11.0. The number of hydrogen-bond acceptors (Lipinski definition) is 5. The van der Waals surface area contributed by atoms with Crippen molar-refractivity contribution in [1.29, 1.82) is 0 Å². The largest absolute Gasteiger partial charge is 0.475 e. The molecule has 158 valence electrons. The van der Waals surface area contributed by atoms with Crippen LogP contribution in [0.25, 0.3) is 11.3 Å². The van der Waals surface area contributed by atoms with Gasteiger partial charge in [0.1, 0.15) is 11.4 Å². The van der Waals surface area contributed by atoms with E-state index >= 15 is 0 Å². The lowest BCUT2D eigenvalue weighted by molar-refractivity contribution is 0.232. The lowest BCUT2D eigenvalue weighted by atomic mass is 9.99. The van der Waals surface area contributed by atoms with Crippen LogP contribution in [0.5, 0.6) is 5.88 Å². The molecule has 7 heteroatoms. The van der Waals surface area contributed by atoms with Gasteiger partial charge in [0.2, 0.25) is 5.88 Å². The summed E-state index contributed by atoms with van der Waals surface area (Å²) in [5.41, 5.74) is 5.33. The van der Waals surface area contributed by atoms with Crippen molar-refractivity contribution in [2.75, 3.05) is 11.9 Å². The number of anilines is 1. The zero-order chi connectivity index (χ0) is 21.8. The van der Waals surface area contributed by atoms with Gasteiger partial charge >= 0.3 is 6.03 Å². The molecule has 0 aliphatic carbocycles. The average Bonchev–Trinajstić information content (AvgIpc) is 3.07. The summed E-state index contributed by atoms with van der Waals surface area (Å²) >= 11 is 0. The summed E-state index contributed by atoms with van der Waals surface area (Å²) in [7, 11) is 1.71. The van der Waals surface area contributed by atoms with Gasteiger partial charge in [-0.15, -0.1) is 0 Å². The number of ether oxygens (including phenoxy) is 1. The van der Waals surface area contributed by atoms with Crippen molar-refractivity contribution in [3.8, 4) is 17.1 Å². The van der Waals surface area contributed by atoms with Crippen LogP contribution in [0.15, 0.2) is 41.1 Å². The highest BCUT2D eigenvalue weighted by Crippen LogP contribution is 2.36. The number of amides is 2. The average molecular weight is 409 g/mol. The van der Waals surface area contributed by atoms with Crippen LogP contribution in [0, 0.1) is 20.8 Å². The summed E-state index contributed by atoms with van der Waals surface area (Å²) in [5.74, 6) is 1.15. The summed E-state index contributed by atoms with van der Waals surface area (Å²) in [5, 5.41) is 7.16. The van der Waals surface area contributed by atoms with Crippen LogP contribution in [0.2, 0.25) is 0 Å². The summed E-state index contributed by atoms with van der Waals surface area (Å²) in [6.07, 6.45) is 1.76. The number of urea groups is 1. The second-order valence-electron chi connectivity index (χ2n) is 7.59. The Morgan fingerprint density at radius 3 is 2.47 bits per heavy atom. The molecule has 1 aromatic carbocycles. The van der Waals surface area contributed by atoms with Crippen molar-refractivity contribution in [3.05, 3.63) is 59.0 Å². The van der Waals surface area contributed by atoms with Gasteiger partial charge in [-0.05, 0) is 51.3 Å². The van der Waals surface area contributed by atoms with E-state index in [1.165, 1.54) is 4.90 Å². The third kappa shape index (κ3) is 4.62. The quantitative estimate of drug-likeness (QED) is 0.634. The maximum absolute atomic E-state index is 12.8. The molecule has 0 radical (unpaired) electrons. The van der Waals surface area contributed by atoms with Gasteiger partial charge in [-0.25, -0.2) is 9.78 Å². The van der Waals surface area contributed by atoms with Crippen molar-refractivity contribution in [3.63, 3.8) is 0 Å². The maximum Gasteiger partial charge on any atom is 0.322 e. The third-order valence-corrected chi connectivity index (χ3v) is 4.79. The van der Waals surface area contributed by atoms with Crippen LogP contribution in [-0.4, -0.2) is 29.3 Å². The van der Waals surface area contributed by atoms with Crippen LogP contribution in [-0.2, 0) is 6.54 Å². The Labute approximate surface area is 177 Å². The molecule has 30 heavy (non-hydrogen) atoms. The number of aryl methyl sites for hydroxylation is 3. The smallest absolute Gasteiger partial charge is 0.322 e. The first-order valence-electron chi connectivity index (χ1n) is 9.94. The standard InChI is InChI=1S/C23H28N4O3/c1-14(2)29-19-11-10-18(12-24-19)13-25-23(28)27(6)22-17(5)30-26-21(22)20-15(3)8-7-9-16(20)4/h7-12,14H,13H2,1-6H3,(H,25,28). The fourth-order valence-corrected chi connectivity index (χ4v) is 3.34. The van der Waals surface area contributed by atoms with Gasteiger partial charge in [0.05, 0.1) is 6.10 Å². The van der Waals surface area contributed by atoms with E-state index in [1.54, 1.807) is 26.2 Å². The number of hydrogen-bond donors (Lipinski definition) is 1. The lowest BCUT2D eigenvalue weighted by Gasteiger charge is -2.19. The summed E-state index contributed by atoms with van der Waals surface area (Å²) in [4.78, 5) is 18.6. The molecule has 0 saturated carbocycles. The van der Waals surface area contributed by atoms with Gasteiger partial charge in [-0.3, -0.25) is 4.90 Å². The van der Waals surface area contributed by atoms with Crippen LogP contribution < -0.4 is 15.0 Å². The van der Waals surface area contributed by atoms with Gasteiger partial charge in [0.25, 0.3) is 0 Å². The van der Waals surface area contributed by atoms with Gasteiger partial charge in [-0.2, -0.15) is 0 Å². The zero-order valence-corrected chi connectivity index (χ0v) is 18.3. The number of rotatable bonds is 6. The number of pyridine rings is 1. The maximum atomic E-state index is 12.8. The highest BCUT2D eigenvalue weighted by Gasteiger charge is 2.24. The molecule has 0 fully saturated rings. The van der Waals surface area contributed by atoms with E-state index in [4.69, 9.17) is 9.26 Å². The summed E-state index contributed by atoms with van der Waals surface area (Å²) in [6, 6.07) is 9.48. The third-order valence-electron chi connectivity index (χ3n) is 4.79. The van der Waals surface area contributed by atoms with E-state index < -0.39 is 0 Å². The number of aromatic nitrogens is 2. The molecule has 2 aromatic heterocycles. The molecule has 0 bridgehead atoms. The van der Waals surface area contributed by atoms with Gasteiger partial charge < -0.3 is 14.6 Å². The highest BCUT2D eigenvalue weighted by molar-refractivity contribution is 5.96. The monoisotopic (exact) mass is 408 g/mol. The molecule has 0 aliphatic rings. The van der Waals surface area contributed by atoms with E-state index in [0.717, 1.165) is 22.3 Å². The van der Waals surface area contributed by atoms with Crippen LogP contribution in [0.3, 0.4) is 0 Å². The molecule has 0 saturated heterocycles. The van der Waals surface area contributed by atoms with E-state index in [0.29, 0.717) is 29.6 Å². The van der Waals surface area contributed by atoms with Gasteiger partial charge in [0.15, 0.2) is 5.76 Å². The van der Waals surface area contributed by atoms with Gasteiger partial charge in [0, 0.05) is 31.4 Å². The number of nitrogens with zero attached hydrogens (tertiary/aromatic N) is 3. The van der Waals surface area contributed by atoms with E-state index in [-0.39, 0.29) is 12.1 Å². The molecule has 0 spiro atoms. The SMILES string of the molecule is Cc1cccc(C)c1-c1noc(C)c1N(C)C(=O)NCc1ccc(OC(C)C)nc1. The first kappa shape index (κ1) is 21.4. The normalized spacial score (nSPS) is 10.9. The summed E-state index contributed by atoms with van der Waals surface area (Å²) in [6.45, 7) is 10.1. The number of benzene rings is 1. The lowest BCUT2D eigenvalue weighted by Crippen LogP contribution is -2.37. The molecule has 1 N–H and O–H groups in total.